The summed E-state index contributed by atoms with van der Waals surface area (Å²) in [5.41, 5.74) is -0.209. The number of rotatable bonds is 9. The molecule has 234 valence electrons. The highest BCUT2D eigenvalue weighted by Crippen LogP contribution is 2.41. The van der Waals surface area contributed by atoms with Gasteiger partial charge in [-0.1, -0.05) is 19.9 Å². The van der Waals surface area contributed by atoms with Gasteiger partial charge in [0.1, 0.15) is 29.0 Å². The van der Waals surface area contributed by atoms with E-state index in [9.17, 15) is 14.4 Å². The Morgan fingerprint density at radius 3 is 2.23 bits per heavy atom. The molecule has 1 saturated carbocycles. The molecule has 1 heterocycles. The fraction of sp³-hybridized carbons (Fsp3) is 0.545. The third kappa shape index (κ3) is 7.34. The number of hydrogen-bond acceptors (Lipinski definition) is 6. The zero-order chi connectivity index (χ0) is 31.7. The molecule has 8 nitrogen and oxygen atoms in total. The summed E-state index contributed by atoms with van der Waals surface area (Å²) in [5.74, 6) is -2.33. The van der Waals surface area contributed by atoms with Crippen molar-refractivity contribution in [3.63, 3.8) is 0 Å². The van der Waals surface area contributed by atoms with Gasteiger partial charge in [0, 0.05) is 42.7 Å². The maximum atomic E-state index is 15.2. The molecule has 2 aromatic rings. The van der Waals surface area contributed by atoms with Gasteiger partial charge in [-0.3, -0.25) is 14.4 Å². The van der Waals surface area contributed by atoms with E-state index < -0.39 is 34.6 Å². The summed E-state index contributed by atoms with van der Waals surface area (Å²) < 4.78 is 46.2. The third-order valence-corrected chi connectivity index (χ3v) is 8.06. The Bertz CT molecular complexity index is 1360. The van der Waals surface area contributed by atoms with E-state index in [1.165, 1.54) is 7.11 Å². The van der Waals surface area contributed by atoms with Crippen molar-refractivity contribution < 1.29 is 37.4 Å². The predicted molar refractivity (Wildman–Crippen MR) is 158 cm³/mol. The molecule has 0 unspecified atom stereocenters. The van der Waals surface area contributed by atoms with Crippen LogP contribution in [0.5, 0.6) is 5.75 Å². The van der Waals surface area contributed by atoms with Crippen molar-refractivity contribution in [3.8, 4) is 5.75 Å². The molecule has 0 spiro atoms. The van der Waals surface area contributed by atoms with Gasteiger partial charge in [-0.05, 0) is 81.3 Å². The molecule has 1 atom stereocenters. The minimum Gasteiger partial charge on any atom is -0.497 e. The molecule has 1 fully saturated rings. The van der Waals surface area contributed by atoms with E-state index in [0.29, 0.717) is 30.6 Å². The summed E-state index contributed by atoms with van der Waals surface area (Å²) in [6, 6.07) is 6.47. The van der Waals surface area contributed by atoms with Gasteiger partial charge in [-0.15, -0.1) is 0 Å². The second-order valence-electron chi connectivity index (χ2n) is 13.2. The average Bonchev–Trinajstić information content (AvgIpc) is 2.87. The highest BCUT2D eigenvalue weighted by Gasteiger charge is 2.43. The lowest BCUT2D eigenvalue weighted by Crippen LogP contribution is -2.50. The van der Waals surface area contributed by atoms with Crippen LogP contribution in [0.3, 0.4) is 0 Å². The molecule has 0 radical (unpaired) electrons. The molecule has 0 saturated heterocycles. The molecule has 2 aliphatic rings. The molecular formula is C33H42F2N2O6. The van der Waals surface area contributed by atoms with E-state index in [4.69, 9.17) is 14.2 Å². The van der Waals surface area contributed by atoms with E-state index in [1.54, 1.807) is 38.0 Å². The van der Waals surface area contributed by atoms with E-state index in [0.717, 1.165) is 17.7 Å². The number of ether oxygens (including phenoxy) is 3. The summed E-state index contributed by atoms with van der Waals surface area (Å²) in [6.07, 6.45) is 1.80. The Hall–Kier alpha value is -3.53. The zero-order valence-corrected chi connectivity index (χ0v) is 26.0. The first-order chi connectivity index (χ1) is 20.1. The lowest BCUT2D eigenvalue weighted by molar-refractivity contribution is -0.159. The molecule has 10 heteroatoms. The first-order valence-electron chi connectivity index (χ1n) is 14.6. The number of carbonyl (C=O) groups is 3. The summed E-state index contributed by atoms with van der Waals surface area (Å²) in [6.45, 7) is 9.17. The van der Waals surface area contributed by atoms with E-state index >= 15 is 8.78 Å². The molecule has 0 bridgehead atoms. The number of esters is 1. The molecular weight excluding hydrogens is 558 g/mol. The van der Waals surface area contributed by atoms with Crippen LogP contribution in [-0.2, 0) is 35.7 Å². The Balaban J connectivity index is 1.55. The molecule has 0 aromatic heterocycles. The minimum absolute atomic E-state index is 0.0317. The van der Waals surface area contributed by atoms with Crippen LogP contribution in [0.4, 0.5) is 14.5 Å². The van der Waals surface area contributed by atoms with Crippen LogP contribution < -0.4 is 10.1 Å². The molecule has 1 aliphatic carbocycles. The van der Waals surface area contributed by atoms with Gasteiger partial charge in [0.05, 0.1) is 13.7 Å². The van der Waals surface area contributed by atoms with Crippen molar-refractivity contribution in [2.75, 3.05) is 32.7 Å². The molecule has 1 N–H and O–H groups in total. The number of fused-ring (bicyclic) bond motifs is 1. The number of amides is 2. The van der Waals surface area contributed by atoms with E-state index in [2.05, 4.69) is 5.32 Å². The van der Waals surface area contributed by atoms with Gasteiger partial charge in [-0.25, -0.2) is 8.78 Å². The van der Waals surface area contributed by atoms with Crippen molar-refractivity contribution in [2.24, 2.45) is 11.8 Å². The number of hydrogen-bond donors (Lipinski definition) is 1. The summed E-state index contributed by atoms with van der Waals surface area (Å²) in [4.78, 5) is 41.4. The first-order valence-corrected chi connectivity index (χ1v) is 14.6. The van der Waals surface area contributed by atoms with Crippen LogP contribution in [0.1, 0.15) is 76.6 Å². The fourth-order valence-corrected chi connectivity index (χ4v) is 6.14. The van der Waals surface area contributed by atoms with Gasteiger partial charge < -0.3 is 24.4 Å². The van der Waals surface area contributed by atoms with Crippen molar-refractivity contribution in [1.29, 1.82) is 0 Å². The average molecular weight is 601 g/mol. The summed E-state index contributed by atoms with van der Waals surface area (Å²) in [5, 5.41) is 2.65. The second kappa shape index (κ2) is 12.6. The van der Waals surface area contributed by atoms with Crippen molar-refractivity contribution >= 4 is 23.5 Å². The van der Waals surface area contributed by atoms with Crippen molar-refractivity contribution in [1.82, 2.24) is 4.90 Å². The van der Waals surface area contributed by atoms with Gasteiger partial charge in [0.2, 0.25) is 5.91 Å². The minimum atomic E-state index is -1.01. The largest absolute Gasteiger partial charge is 0.497 e. The molecule has 1 aliphatic heterocycles. The maximum absolute atomic E-state index is 15.2. The topological polar surface area (TPSA) is 94.2 Å². The normalized spacial score (nSPS) is 20.1. The number of methoxy groups -OCH3 is 2. The fourth-order valence-electron chi connectivity index (χ4n) is 6.14. The van der Waals surface area contributed by atoms with Crippen LogP contribution in [0.15, 0.2) is 30.3 Å². The lowest BCUT2D eigenvalue weighted by atomic mass is 9.72. The zero-order valence-electron chi connectivity index (χ0n) is 26.0. The standard InChI is InChI=1S/C33H42F2N2O6/c1-32(2,3)43-27(38)14-19-12-21(13-19)31(40)37-11-10-20-15-23(42-7)8-9-24(20)29(37)30(39)36-22-16-25(34)28(26(35)17-22)33(4,5)18-41-6/h8-9,15-17,19,21,29H,10-14,18H2,1-7H3,(H,36,39)/t19?,21?,29-/m1/s1. The number of anilines is 1. The summed E-state index contributed by atoms with van der Waals surface area (Å²) in [7, 11) is 3.01. The Morgan fingerprint density at radius 2 is 1.65 bits per heavy atom. The van der Waals surface area contributed by atoms with Crippen molar-refractivity contribution in [3.05, 3.63) is 58.7 Å². The van der Waals surface area contributed by atoms with Gasteiger partial charge in [0.25, 0.3) is 5.91 Å². The highest BCUT2D eigenvalue weighted by molar-refractivity contribution is 5.99. The second-order valence-corrected chi connectivity index (χ2v) is 13.2. The monoisotopic (exact) mass is 600 g/mol. The highest BCUT2D eigenvalue weighted by atomic mass is 19.1. The van der Waals surface area contributed by atoms with Crippen LogP contribution in [-0.4, -0.2) is 55.7 Å². The maximum Gasteiger partial charge on any atom is 0.306 e. The molecule has 4 rings (SSSR count). The van der Waals surface area contributed by atoms with E-state index in [-0.39, 0.29) is 54.5 Å². The van der Waals surface area contributed by atoms with Crippen LogP contribution in [0.2, 0.25) is 0 Å². The number of halogens is 2. The SMILES string of the molecule is COCC(C)(C)c1c(F)cc(NC(=O)[C@H]2c3ccc(OC)cc3CCN2C(=O)C2CC(CC(=O)OC(C)(C)C)C2)cc1F. The molecule has 43 heavy (non-hydrogen) atoms. The van der Waals surface area contributed by atoms with Crippen LogP contribution >= 0.6 is 0 Å². The third-order valence-electron chi connectivity index (χ3n) is 8.06. The number of nitrogens with zero attached hydrogens (tertiary/aromatic N) is 1. The number of benzene rings is 2. The number of nitrogens with one attached hydrogen (secondary N) is 1. The Morgan fingerprint density at radius 1 is 1.00 bits per heavy atom. The smallest absolute Gasteiger partial charge is 0.306 e. The van der Waals surface area contributed by atoms with E-state index in [1.807, 2.05) is 26.8 Å². The predicted octanol–water partition coefficient (Wildman–Crippen LogP) is 5.72. The Labute approximate surface area is 252 Å². The summed E-state index contributed by atoms with van der Waals surface area (Å²) >= 11 is 0. The van der Waals surface area contributed by atoms with Gasteiger partial charge in [0.15, 0.2) is 0 Å². The Kier molecular flexibility index (Phi) is 9.49. The number of carbonyl (C=O) groups excluding carboxylic acids is 3. The van der Waals surface area contributed by atoms with Crippen LogP contribution in [0, 0.1) is 23.5 Å². The molecule has 2 amide bonds. The quantitative estimate of drug-likeness (QED) is 0.370. The van der Waals surface area contributed by atoms with Crippen molar-refractivity contribution in [2.45, 2.75) is 77.4 Å². The molecule has 2 aromatic carbocycles. The first kappa shape index (κ1) is 32.4. The van der Waals surface area contributed by atoms with Gasteiger partial charge >= 0.3 is 5.97 Å². The van der Waals surface area contributed by atoms with Gasteiger partial charge in [-0.2, -0.15) is 0 Å². The lowest BCUT2D eigenvalue weighted by Gasteiger charge is -2.42. The van der Waals surface area contributed by atoms with Crippen LogP contribution in [0.25, 0.3) is 0 Å².